The lowest BCUT2D eigenvalue weighted by atomic mass is 10.0. The van der Waals surface area contributed by atoms with Crippen molar-refractivity contribution in [3.8, 4) is 11.5 Å². The van der Waals surface area contributed by atoms with Gasteiger partial charge in [0.25, 0.3) is 0 Å². The van der Waals surface area contributed by atoms with E-state index < -0.39 is 6.09 Å². The van der Waals surface area contributed by atoms with E-state index in [1.165, 1.54) is 12.0 Å². The van der Waals surface area contributed by atoms with Crippen LogP contribution in [0.5, 0.6) is 11.5 Å². The van der Waals surface area contributed by atoms with Crippen LogP contribution in [0.15, 0.2) is 18.2 Å². The Labute approximate surface area is 129 Å². The van der Waals surface area contributed by atoms with Crippen molar-refractivity contribution in [1.29, 1.82) is 0 Å². The zero-order chi connectivity index (χ0) is 16.3. The van der Waals surface area contributed by atoms with Crippen LogP contribution in [0.4, 0.5) is 4.79 Å². The maximum absolute atomic E-state index is 12.4. The lowest BCUT2D eigenvalue weighted by molar-refractivity contribution is -0.129. The van der Waals surface area contributed by atoms with Gasteiger partial charge in [-0.05, 0) is 23.6 Å². The van der Waals surface area contributed by atoms with E-state index in [-0.39, 0.29) is 30.9 Å². The molecule has 0 unspecified atom stereocenters. The molecule has 1 fully saturated rings. The second-order valence-electron chi connectivity index (χ2n) is 5.52. The van der Waals surface area contributed by atoms with Gasteiger partial charge in [-0.2, -0.15) is 0 Å². The third kappa shape index (κ3) is 3.16. The monoisotopic (exact) mass is 307 g/mol. The molecule has 0 bridgehead atoms. The number of carbonyl (C=O) groups excluding carboxylic acids is 2. The fourth-order valence-corrected chi connectivity index (χ4v) is 2.46. The summed E-state index contributed by atoms with van der Waals surface area (Å²) in [4.78, 5) is 25.5. The molecule has 1 heterocycles. The van der Waals surface area contributed by atoms with Crippen LogP contribution in [-0.4, -0.2) is 43.8 Å². The van der Waals surface area contributed by atoms with E-state index >= 15 is 0 Å². The van der Waals surface area contributed by atoms with Crippen LogP contribution in [0.3, 0.4) is 0 Å². The van der Waals surface area contributed by atoms with E-state index in [1.807, 2.05) is 13.8 Å². The number of carbonyl (C=O) groups is 2. The zero-order valence-electron chi connectivity index (χ0n) is 13.3. The first kappa shape index (κ1) is 16.1. The van der Waals surface area contributed by atoms with E-state index in [4.69, 9.17) is 14.2 Å². The molecule has 1 saturated heterocycles. The van der Waals surface area contributed by atoms with E-state index in [0.717, 1.165) is 5.56 Å². The first-order valence-corrected chi connectivity index (χ1v) is 7.17. The lowest BCUT2D eigenvalue weighted by Gasteiger charge is -2.22. The molecule has 2 rings (SSSR count). The molecule has 0 aliphatic carbocycles. The van der Waals surface area contributed by atoms with Crippen LogP contribution in [0.1, 0.15) is 19.4 Å². The third-order valence-corrected chi connectivity index (χ3v) is 3.75. The smallest absolute Gasteiger partial charge is 0.416 e. The van der Waals surface area contributed by atoms with E-state index in [9.17, 15) is 9.59 Å². The second-order valence-corrected chi connectivity index (χ2v) is 5.52. The largest absolute Gasteiger partial charge is 0.493 e. The van der Waals surface area contributed by atoms with Crippen LogP contribution in [0.25, 0.3) is 0 Å². The van der Waals surface area contributed by atoms with Crippen molar-refractivity contribution in [1.82, 2.24) is 4.90 Å². The summed E-state index contributed by atoms with van der Waals surface area (Å²) in [5.41, 5.74) is 0.754. The quantitative estimate of drug-likeness (QED) is 0.835. The van der Waals surface area contributed by atoms with Crippen LogP contribution < -0.4 is 9.47 Å². The average molecular weight is 307 g/mol. The van der Waals surface area contributed by atoms with Crippen molar-refractivity contribution < 1.29 is 23.8 Å². The number of hydrogen-bond donors (Lipinski definition) is 0. The molecule has 0 aromatic heterocycles. The first-order chi connectivity index (χ1) is 10.5. The van der Waals surface area contributed by atoms with Gasteiger partial charge in [-0.3, -0.25) is 4.79 Å². The highest BCUT2D eigenvalue weighted by Crippen LogP contribution is 2.28. The van der Waals surface area contributed by atoms with E-state index in [1.54, 1.807) is 25.3 Å². The first-order valence-electron chi connectivity index (χ1n) is 7.17. The molecule has 6 nitrogen and oxygen atoms in total. The van der Waals surface area contributed by atoms with Gasteiger partial charge >= 0.3 is 6.09 Å². The predicted molar refractivity (Wildman–Crippen MR) is 80.1 cm³/mol. The van der Waals surface area contributed by atoms with Crippen molar-refractivity contribution >= 4 is 12.0 Å². The van der Waals surface area contributed by atoms with Crippen molar-refractivity contribution in [2.24, 2.45) is 5.92 Å². The number of nitrogens with zero attached hydrogens (tertiary/aromatic N) is 1. The van der Waals surface area contributed by atoms with Gasteiger partial charge in [0.05, 0.1) is 26.7 Å². The van der Waals surface area contributed by atoms with Crippen molar-refractivity contribution in [2.75, 3.05) is 20.8 Å². The summed E-state index contributed by atoms with van der Waals surface area (Å²) in [6, 6.07) is 5.05. The molecule has 22 heavy (non-hydrogen) atoms. The molecule has 1 aliphatic rings. The summed E-state index contributed by atoms with van der Waals surface area (Å²) in [5.74, 6) is 1.03. The van der Waals surface area contributed by atoms with Gasteiger partial charge < -0.3 is 14.2 Å². The Morgan fingerprint density at radius 2 is 2.00 bits per heavy atom. The third-order valence-electron chi connectivity index (χ3n) is 3.75. The minimum atomic E-state index is -0.566. The summed E-state index contributed by atoms with van der Waals surface area (Å²) >= 11 is 0. The number of benzene rings is 1. The van der Waals surface area contributed by atoms with Gasteiger partial charge in [0.1, 0.15) is 6.61 Å². The molecular formula is C16H21NO5. The molecule has 6 heteroatoms. The zero-order valence-corrected chi connectivity index (χ0v) is 13.3. The van der Waals surface area contributed by atoms with Crippen molar-refractivity contribution in [3.05, 3.63) is 23.8 Å². The molecule has 1 aliphatic heterocycles. The summed E-state index contributed by atoms with van der Waals surface area (Å²) in [6.45, 7) is 4.18. The Morgan fingerprint density at radius 1 is 1.32 bits per heavy atom. The molecule has 0 radical (unpaired) electrons. The minimum Gasteiger partial charge on any atom is -0.493 e. The lowest BCUT2D eigenvalue weighted by Crippen LogP contribution is -2.42. The van der Waals surface area contributed by atoms with Gasteiger partial charge in [-0.25, -0.2) is 9.69 Å². The normalized spacial score (nSPS) is 17.6. The summed E-state index contributed by atoms with van der Waals surface area (Å²) < 4.78 is 15.4. The number of rotatable bonds is 5. The van der Waals surface area contributed by atoms with Crippen molar-refractivity contribution in [3.63, 3.8) is 0 Å². The van der Waals surface area contributed by atoms with Gasteiger partial charge in [-0.1, -0.05) is 19.9 Å². The number of hydrogen-bond acceptors (Lipinski definition) is 5. The number of ether oxygens (including phenoxy) is 3. The molecular weight excluding hydrogens is 286 g/mol. The highest BCUT2D eigenvalue weighted by Gasteiger charge is 2.39. The summed E-state index contributed by atoms with van der Waals surface area (Å²) in [5, 5.41) is 0. The molecule has 0 saturated carbocycles. The summed E-state index contributed by atoms with van der Waals surface area (Å²) in [7, 11) is 3.09. The highest BCUT2D eigenvalue weighted by atomic mass is 16.6. The van der Waals surface area contributed by atoms with Crippen LogP contribution in [0.2, 0.25) is 0 Å². The maximum Gasteiger partial charge on any atom is 0.416 e. The standard InChI is InChI=1S/C16H21NO5/c1-10(2)12-9-22-16(19)17(12)15(18)8-11-5-6-13(20-3)14(7-11)21-4/h5-7,10,12H,8-9H2,1-4H3/t12-/m1/s1. The number of cyclic esters (lactones) is 1. The van der Waals surface area contributed by atoms with Crippen LogP contribution in [-0.2, 0) is 16.0 Å². The molecule has 1 atom stereocenters. The number of imide groups is 1. The molecule has 120 valence electrons. The van der Waals surface area contributed by atoms with Gasteiger partial charge in [0, 0.05) is 0 Å². The fraction of sp³-hybridized carbons (Fsp3) is 0.500. The SMILES string of the molecule is COc1ccc(CC(=O)N2C(=O)OC[C@@H]2C(C)C)cc1OC. The predicted octanol–water partition coefficient (Wildman–Crippen LogP) is 2.25. The van der Waals surface area contributed by atoms with E-state index in [2.05, 4.69) is 0 Å². The van der Waals surface area contributed by atoms with Crippen LogP contribution >= 0.6 is 0 Å². The number of amides is 2. The Balaban J connectivity index is 2.16. The second kappa shape index (κ2) is 6.68. The molecule has 1 aromatic rings. The van der Waals surface area contributed by atoms with Gasteiger partial charge in [-0.15, -0.1) is 0 Å². The fourth-order valence-electron chi connectivity index (χ4n) is 2.46. The Bertz CT molecular complexity index is 570. The minimum absolute atomic E-state index is 0.110. The molecule has 0 spiro atoms. The molecule has 2 amide bonds. The topological polar surface area (TPSA) is 65.1 Å². The summed E-state index contributed by atoms with van der Waals surface area (Å²) in [6.07, 6.45) is -0.456. The maximum atomic E-state index is 12.4. The van der Waals surface area contributed by atoms with E-state index in [0.29, 0.717) is 11.5 Å². The molecule has 1 aromatic carbocycles. The Kier molecular flexibility index (Phi) is 4.90. The highest BCUT2D eigenvalue weighted by molar-refractivity contribution is 5.94. The number of methoxy groups -OCH3 is 2. The Morgan fingerprint density at radius 3 is 2.59 bits per heavy atom. The molecule has 0 N–H and O–H groups in total. The van der Waals surface area contributed by atoms with Crippen LogP contribution in [0, 0.1) is 5.92 Å². The van der Waals surface area contributed by atoms with Crippen molar-refractivity contribution in [2.45, 2.75) is 26.3 Å². The van der Waals surface area contributed by atoms with Gasteiger partial charge in [0.15, 0.2) is 11.5 Å². The van der Waals surface area contributed by atoms with Gasteiger partial charge in [0.2, 0.25) is 5.91 Å². The average Bonchev–Trinajstić information content (AvgIpc) is 2.89. The Hall–Kier alpha value is -2.24.